The molecule has 2 aromatic carbocycles. The largest absolute Gasteiger partial charge is 1.00 e. The standard InChI is InChI=1S/C21H25.C10H15.C3H6.2ClH.Zr/c1-20(2,3)16-9-7-14-11-15-8-10-17(21(4,5)6)13-19(15)18(14)12-16;1-7(2)10-6-8(3)5-9(10)4;1-3-2;;;/h7-13H,1-6H3;6-8H,1-4H3;1-2H3;2*1H;/q;;;;;+2/p-2. The molecular weight excluding hydrogens is 571 g/mol. The molecule has 0 amide bonds. The molecule has 0 radical (unpaired) electrons. The average Bonchev–Trinajstić information content (AvgIpc) is 3.21. The van der Waals surface area contributed by atoms with Gasteiger partial charge in [0.15, 0.2) is 0 Å². The SMILES string of the molecule is CC1=[C]([Zr+2](=[C](C)C)[CH]2c3ccc(C(C)(C)C)cc3-c3cc(C(C)(C)C)ccc32)C(C)C=C1C(C)C.[Cl-].[Cl-]. The quantitative estimate of drug-likeness (QED) is 0.494. The third-order valence-electron chi connectivity index (χ3n) is 8.21. The number of hydrogen-bond donors (Lipinski definition) is 0. The molecule has 0 fully saturated rings. The first-order chi connectivity index (χ1) is 16.1. The van der Waals surface area contributed by atoms with Gasteiger partial charge in [-0.15, -0.1) is 0 Å². The molecule has 0 aromatic heterocycles. The Morgan fingerprint density at radius 2 is 1.22 bits per heavy atom. The van der Waals surface area contributed by atoms with Gasteiger partial charge < -0.3 is 24.8 Å². The van der Waals surface area contributed by atoms with E-state index in [1.54, 1.807) is 25.5 Å². The van der Waals surface area contributed by atoms with E-state index in [1.165, 1.54) is 22.3 Å². The summed E-state index contributed by atoms with van der Waals surface area (Å²) in [6.45, 7) is 28.5. The van der Waals surface area contributed by atoms with Crippen LogP contribution in [-0.4, -0.2) is 3.21 Å². The van der Waals surface area contributed by atoms with Crippen LogP contribution < -0.4 is 24.8 Å². The van der Waals surface area contributed by atoms with Crippen LogP contribution in [0.2, 0.25) is 0 Å². The van der Waals surface area contributed by atoms with E-state index in [2.05, 4.69) is 126 Å². The number of fused-ring (bicyclic) bond motifs is 3. The van der Waals surface area contributed by atoms with Crippen LogP contribution in [0.25, 0.3) is 11.1 Å². The van der Waals surface area contributed by atoms with Crippen LogP contribution in [-0.2, 0) is 32.1 Å². The molecule has 37 heavy (non-hydrogen) atoms. The molecule has 0 nitrogen and oxygen atoms in total. The van der Waals surface area contributed by atoms with Crippen molar-refractivity contribution in [1.29, 1.82) is 0 Å². The van der Waals surface area contributed by atoms with Gasteiger partial charge in [0, 0.05) is 0 Å². The van der Waals surface area contributed by atoms with Crippen LogP contribution in [0.1, 0.15) is 109 Å². The summed E-state index contributed by atoms with van der Waals surface area (Å²) < 4.78 is 4.12. The Morgan fingerprint density at radius 1 is 0.784 bits per heavy atom. The van der Waals surface area contributed by atoms with E-state index < -0.39 is 21.3 Å². The van der Waals surface area contributed by atoms with Gasteiger partial charge >= 0.3 is 224 Å². The van der Waals surface area contributed by atoms with E-state index in [0.29, 0.717) is 15.5 Å². The fraction of sp³-hybridized carbons (Fsp3) is 0.500. The Morgan fingerprint density at radius 3 is 1.54 bits per heavy atom. The van der Waals surface area contributed by atoms with Crippen molar-refractivity contribution in [1.82, 2.24) is 0 Å². The van der Waals surface area contributed by atoms with E-state index in [4.69, 9.17) is 0 Å². The molecular formula is C34H46Cl2Zr. The smallest absolute Gasteiger partial charge is 1.00 e. The summed E-state index contributed by atoms with van der Waals surface area (Å²) in [6.07, 6.45) is 2.58. The van der Waals surface area contributed by atoms with Gasteiger partial charge in [0.05, 0.1) is 0 Å². The average molecular weight is 617 g/mol. The Balaban J connectivity index is 0.00000241. The third kappa shape index (κ3) is 5.90. The topological polar surface area (TPSA) is 0 Å². The maximum atomic E-state index is 2.58. The zero-order valence-corrected chi connectivity index (χ0v) is 29.0. The number of halogens is 2. The molecule has 1 unspecified atom stereocenters. The molecule has 0 aliphatic heterocycles. The van der Waals surface area contributed by atoms with Gasteiger partial charge in [0.2, 0.25) is 0 Å². The molecule has 0 saturated heterocycles. The number of hydrogen-bond acceptors (Lipinski definition) is 0. The Kier molecular flexibility index (Phi) is 10.00. The summed E-state index contributed by atoms with van der Waals surface area (Å²) in [7, 11) is 0. The van der Waals surface area contributed by atoms with Crippen molar-refractivity contribution in [2.45, 2.75) is 97.5 Å². The molecule has 2 aliphatic carbocycles. The predicted molar refractivity (Wildman–Crippen MR) is 152 cm³/mol. The van der Waals surface area contributed by atoms with E-state index in [1.807, 2.05) is 3.28 Å². The fourth-order valence-corrected chi connectivity index (χ4v) is 15.3. The fourth-order valence-electron chi connectivity index (χ4n) is 6.26. The summed E-state index contributed by atoms with van der Waals surface area (Å²) in [4.78, 5) is 0. The van der Waals surface area contributed by atoms with Crippen molar-refractivity contribution >= 4 is 3.21 Å². The molecule has 0 saturated carbocycles. The van der Waals surface area contributed by atoms with Gasteiger partial charge in [-0.1, -0.05) is 0 Å². The Hall–Kier alpha value is -0.747. The molecule has 0 heterocycles. The third-order valence-corrected chi connectivity index (χ3v) is 17.3. The van der Waals surface area contributed by atoms with Gasteiger partial charge in [0.25, 0.3) is 0 Å². The zero-order valence-electron chi connectivity index (χ0n) is 25.0. The van der Waals surface area contributed by atoms with Crippen molar-refractivity contribution in [2.24, 2.45) is 11.8 Å². The van der Waals surface area contributed by atoms with Gasteiger partial charge in [-0.2, -0.15) is 0 Å². The van der Waals surface area contributed by atoms with Crippen molar-refractivity contribution < 1.29 is 46.1 Å². The second-order valence-corrected chi connectivity index (χ2v) is 20.8. The summed E-state index contributed by atoms with van der Waals surface area (Å²) in [5, 5.41) is 0. The zero-order chi connectivity index (χ0) is 26.0. The van der Waals surface area contributed by atoms with Crippen molar-refractivity contribution in [3.8, 4) is 11.1 Å². The molecule has 1 atom stereocenters. The van der Waals surface area contributed by atoms with Crippen molar-refractivity contribution in [2.75, 3.05) is 0 Å². The van der Waals surface area contributed by atoms with Crippen LogP contribution in [0.5, 0.6) is 0 Å². The van der Waals surface area contributed by atoms with Crippen LogP contribution in [0, 0.1) is 11.8 Å². The maximum absolute atomic E-state index is 2.58. The first-order valence-corrected chi connectivity index (χ1v) is 17.4. The minimum Gasteiger partial charge on any atom is -1.00 e. The first-order valence-electron chi connectivity index (χ1n) is 13.5. The van der Waals surface area contributed by atoms with Crippen LogP contribution in [0.4, 0.5) is 0 Å². The first kappa shape index (κ1) is 32.5. The van der Waals surface area contributed by atoms with Crippen molar-refractivity contribution in [3.05, 3.63) is 79.2 Å². The summed E-state index contributed by atoms with van der Waals surface area (Å²) in [5.41, 5.74) is 12.6. The molecule has 0 bridgehead atoms. The monoisotopic (exact) mass is 614 g/mol. The molecule has 2 aliphatic rings. The summed E-state index contributed by atoms with van der Waals surface area (Å²) in [5.74, 6) is 1.18. The number of benzene rings is 2. The van der Waals surface area contributed by atoms with Gasteiger partial charge in [-0.05, 0) is 0 Å². The van der Waals surface area contributed by atoms with E-state index in [-0.39, 0.29) is 35.6 Å². The maximum Gasteiger partial charge on any atom is -1.00 e. The minimum atomic E-state index is -2.23. The molecule has 3 heteroatoms. The van der Waals surface area contributed by atoms with Gasteiger partial charge in [-0.25, -0.2) is 0 Å². The van der Waals surface area contributed by atoms with E-state index >= 15 is 0 Å². The molecule has 4 rings (SSSR count). The second kappa shape index (κ2) is 11.4. The summed E-state index contributed by atoms with van der Waals surface area (Å²) >= 11 is -2.23. The Labute approximate surface area is 247 Å². The normalized spacial score (nSPS) is 17.0. The molecule has 200 valence electrons. The molecule has 2 aromatic rings. The van der Waals surface area contributed by atoms with Crippen LogP contribution >= 0.6 is 0 Å². The summed E-state index contributed by atoms with van der Waals surface area (Å²) in [6, 6.07) is 14.9. The number of rotatable bonds is 3. The van der Waals surface area contributed by atoms with E-state index in [0.717, 1.165) is 0 Å². The molecule has 0 N–H and O–H groups in total. The molecule has 0 spiro atoms. The van der Waals surface area contributed by atoms with Crippen molar-refractivity contribution in [3.63, 3.8) is 0 Å². The predicted octanol–water partition coefficient (Wildman–Crippen LogP) is 3.70. The Bertz CT molecular complexity index is 1210. The van der Waals surface area contributed by atoms with Gasteiger partial charge in [0.1, 0.15) is 0 Å². The van der Waals surface area contributed by atoms with E-state index in [9.17, 15) is 0 Å². The van der Waals surface area contributed by atoms with Crippen LogP contribution in [0.15, 0.2) is 56.9 Å². The van der Waals surface area contributed by atoms with Gasteiger partial charge in [-0.3, -0.25) is 0 Å². The second-order valence-electron chi connectivity index (χ2n) is 13.6. The minimum absolute atomic E-state index is 0. The number of allylic oxidation sites excluding steroid dienone is 4. The van der Waals surface area contributed by atoms with Crippen LogP contribution in [0.3, 0.4) is 0 Å².